The molecular weight excluding hydrogens is 347 g/mol. The number of ether oxygens (including phenoxy) is 1. The third-order valence-electron chi connectivity index (χ3n) is 2.63. The fourth-order valence-corrected chi connectivity index (χ4v) is 2.49. The van der Waals surface area contributed by atoms with E-state index in [2.05, 4.69) is 17.2 Å². The average Bonchev–Trinajstić information content (AvgIpc) is 2.41. The predicted molar refractivity (Wildman–Crippen MR) is 89.0 cm³/mol. The highest BCUT2D eigenvalue weighted by molar-refractivity contribution is 7.80. The van der Waals surface area contributed by atoms with Gasteiger partial charge in [-0.3, -0.25) is 20.2 Å². The lowest BCUT2D eigenvalue weighted by Gasteiger charge is -2.17. The van der Waals surface area contributed by atoms with E-state index in [0.717, 1.165) is 0 Å². The minimum absolute atomic E-state index is 0.0422. The zero-order chi connectivity index (χ0) is 16.3. The monoisotopic (exact) mass is 356 g/mol. The maximum Gasteiger partial charge on any atom is 0.263 e. The van der Waals surface area contributed by atoms with E-state index in [9.17, 15) is 9.59 Å². The molecular formula is C14H10Cl2N2O3S. The Morgan fingerprint density at radius 2 is 1.86 bits per heavy atom. The van der Waals surface area contributed by atoms with Crippen molar-refractivity contribution < 1.29 is 14.3 Å². The van der Waals surface area contributed by atoms with Crippen LogP contribution in [-0.2, 0) is 9.59 Å². The molecule has 1 aromatic carbocycles. The number of rotatable bonds is 4. The van der Waals surface area contributed by atoms with E-state index in [0.29, 0.717) is 16.3 Å². The number of nitrogens with one attached hydrogen (secondary N) is 2. The number of thiocarbonyl (C=S) groups is 1. The van der Waals surface area contributed by atoms with E-state index in [1.807, 2.05) is 0 Å². The molecule has 0 spiro atoms. The third-order valence-corrected chi connectivity index (χ3v) is 3.33. The van der Waals surface area contributed by atoms with E-state index >= 15 is 0 Å². The van der Waals surface area contributed by atoms with Gasteiger partial charge in [-0.15, -0.1) is 0 Å². The van der Waals surface area contributed by atoms with Crippen LogP contribution in [0.5, 0.6) is 5.75 Å². The van der Waals surface area contributed by atoms with Crippen molar-refractivity contribution in [3.05, 3.63) is 46.0 Å². The van der Waals surface area contributed by atoms with Crippen molar-refractivity contribution in [1.82, 2.24) is 10.6 Å². The number of hydrogen-bond acceptors (Lipinski definition) is 4. The minimum atomic E-state index is -0.612. The van der Waals surface area contributed by atoms with Gasteiger partial charge in [-0.25, -0.2) is 0 Å². The molecule has 1 saturated heterocycles. The van der Waals surface area contributed by atoms with Gasteiger partial charge in [-0.2, -0.15) is 0 Å². The Kier molecular flexibility index (Phi) is 5.18. The highest BCUT2D eigenvalue weighted by Crippen LogP contribution is 2.34. The van der Waals surface area contributed by atoms with Crippen molar-refractivity contribution in [2.45, 2.75) is 0 Å². The van der Waals surface area contributed by atoms with Crippen LogP contribution >= 0.6 is 35.4 Å². The summed E-state index contributed by atoms with van der Waals surface area (Å²) in [6.45, 7) is 3.76. The number of hydrogen-bond donors (Lipinski definition) is 2. The van der Waals surface area contributed by atoms with Crippen molar-refractivity contribution in [3.63, 3.8) is 0 Å². The normalized spacial score (nSPS) is 14.3. The van der Waals surface area contributed by atoms with Crippen LogP contribution in [0, 0.1) is 0 Å². The zero-order valence-electron chi connectivity index (χ0n) is 11.1. The topological polar surface area (TPSA) is 67.4 Å². The smallest absolute Gasteiger partial charge is 0.263 e. The maximum atomic E-state index is 11.9. The quantitative estimate of drug-likeness (QED) is 0.376. The van der Waals surface area contributed by atoms with Crippen LogP contribution in [0.25, 0.3) is 6.08 Å². The van der Waals surface area contributed by atoms with Gasteiger partial charge in [0.1, 0.15) is 17.9 Å². The second-order valence-electron chi connectivity index (χ2n) is 4.20. The Hall–Kier alpha value is -1.89. The fourth-order valence-electron chi connectivity index (χ4n) is 1.74. The molecule has 1 heterocycles. The van der Waals surface area contributed by atoms with Crippen LogP contribution in [0.1, 0.15) is 5.56 Å². The Morgan fingerprint density at radius 1 is 1.23 bits per heavy atom. The van der Waals surface area contributed by atoms with Crippen molar-refractivity contribution in [2.24, 2.45) is 0 Å². The van der Waals surface area contributed by atoms with Crippen LogP contribution in [0.15, 0.2) is 30.4 Å². The number of carbonyl (C=O) groups is 2. The summed E-state index contributed by atoms with van der Waals surface area (Å²) in [7, 11) is 0. The van der Waals surface area contributed by atoms with Gasteiger partial charge in [-0.1, -0.05) is 35.9 Å². The highest BCUT2D eigenvalue weighted by Gasteiger charge is 2.26. The number of carbonyl (C=O) groups excluding carboxylic acids is 2. The Balaban J connectivity index is 2.49. The van der Waals surface area contributed by atoms with E-state index in [1.165, 1.54) is 18.2 Å². The van der Waals surface area contributed by atoms with Gasteiger partial charge in [-0.05, 0) is 30.4 Å². The van der Waals surface area contributed by atoms with E-state index in [4.69, 9.17) is 40.2 Å². The lowest BCUT2D eigenvalue weighted by molar-refractivity contribution is -0.123. The van der Waals surface area contributed by atoms with Crippen molar-refractivity contribution in [2.75, 3.05) is 6.61 Å². The molecule has 1 aromatic rings. The van der Waals surface area contributed by atoms with Crippen molar-refractivity contribution >= 4 is 58.4 Å². The molecule has 8 heteroatoms. The molecule has 0 saturated carbocycles. The molecule has 2 rings (SSSR count). The highest BCUT2D eigenvalue weighted by atomic mass is 35.5. The molecule has 22 heavy (non-hydrogen) atoms. The van der Waals surface area contributed by atoms with Gasteiger partial charge in [0.2, 0.25) is 0 Å². The average molecular weight is 357 g/mol. The minimum Gasteiger partial charge on any atom is -0.487 e. The van der Waals surface area contributed by atoms with E-state index in [1.54, 1.807) is 6.08 Å². The molecule has 1 fully saturated rings. The second-order valence-corrected chi connectivity index (χ2v) is 5.45. The van der Waals surface area contributed by atoms with Crippen LogP contribution < -0.4 is 15.4 Å². The van der Waals surface area contributed by atoms with Gasteiger partial charge >= 0.3 is 0 Å². The Morgan fingerprint density at radius 3 is 2.45 bits per heavy atom. The van der Waals surface area contributed by atoms with Crippen LogP contribution in [0.2, 0.25) is 10.0 Å². The number of benzene rings is 1. The fraction of sp³-hybridized carbons (Fsp3) is 0.0714. The van der Waals surface area contributed by atoms with Crippen LogP contribution in [0.3, 0.4) is 0 Å². The Labute approximate surface area is 141 Å². The molecule has 0 aliphatic carbocycles. The summed E-state index contributed by atoms with van der Waals surface area (Å²) in [4.78, 5) is 23.7. The predicted octanol–water partition coefficient (Wildman–Crippen LogP) is 2.47. The molecule has 0 unspecified atom stereocenters. The van der Waals surface area contributed by atoms with E-state index < -0.39 is 11.8 Å². The standard InChI is InChI=1S/C14H10Cl2N2O3S/c1-2-3-21-11-7(4-8(15)6-10(11)16)5-9-12(19)17-14(22)18-13(9)20/h2,4-6H,1,3H2,(H2,17,18,19,20,22). The molecule has 0 atom stereocenters. The molecule has 2 amide bonds. The molecule has 1 aliphatic rings. The summed E-state index contributed by atoms with van der Waals surface area (Å²) in [5.74, 6) is -0.925. The van der Waals surface area contributed by atoms with Gasteiger partial charge in [0.25, 0.3) is 11.8 Å². The summed E-state index contributed by atoms with van der Waals surface area (Å²) in [6, 6.07) is 3.03. The number of halogens is 2. The zero-order valence-corrected chi connectivity index (χ0v) is 13.4. The van der Waals surface area contributed by atoms with Gasteiger partial charge in [0.15, 0.2) is 5.11 Å². The second kappa shape index (κ2) is 6.91. The lowest BCUT2D eigenvalue weighted by Crippen LogP contribution is -2.51. The summed E-state index contributed by atoms with van der Waals surface area (Å²) >= 11 is 16.8. The van der Waals surface area contributed by atoms with Gasteiger partial charge in [0, 0.05) is 10.6 Å². The molecule has 2 N–H and O–H groups in total. The molecule has 1 aliphatic heterocycles. The van der Waals surface area contributed by atoms with Gasteiger partial charge in [0.05, 0.1) is 5.02 Å². The molecule has 0 aromatic heterocycles. The first kappa shape index (κ1) is 16.5. The van der Waals surface area contributed by atoms with Gasteiger partial charge < -0.3 is 4.74 Å². The van der Waals surface area contributed by atoms with Crippen LogP contribution in [-0.4, -0.2) is 23.5 Å². The van der Waals surface area contributed by atoms with Crippen molar-refractivity contribution in [3.8, 4) is 5.75 Å². The summed E-state index contributed by atoms with van der Waals surface area (Å²) in [5, 5.41) is 5.24. The third kappa shape index (κ3) is 3.65. The first-order valence-corrected chi connectivity index (χ1v) is 7.20. The van der Waals surface area contributed by atoms with Crippen LogP contribution in [0.4, 0.5) is 0 Å². The van der Waals surface area contributed by atoms with Crippen molar-refractivity contribution in [1.29, 1.82) is 0 Å². The first-order chi connectivity index (χ1) is 10.4. The Bertz CT molecular complexity index is 694. The SMILES string of the molecule is C=CCOc1c(Cl)cc(Cl)cc1C=C1C(=O)NC(=S)NC1=O. The van der Waals surface area contributed by atoms with E-state index in [-0.39, 0.29) is 22.3 Å². The molecule has 0 radical (unpaired) electrons. The largest absolute Gasteiger partial charge is 0.487 e. The summed E-state index contributed by atoms with van der Waals surface area (Å²) in [5.41, 5.74) is 0.267. The molecule has 0 bridgehead atoms. The molecule has 114 valence electrons. The summed E-state index contributed by atoms with van der Waals surface area (Å²) < 4.78 is 5.46. The summed E-state index contributed by atoms with van der Waals surface area (Å²) in [6.07, 6.45) is 2.88. The first-order valence-electron chi connectivity index (χ1n) is 6.03. The lowest BCUT2D eigenvalue weighted by atomic mass is 10.1. The maximum absolute atomic E-state index is 11.9. The molecule has 5 nitrogen and oxygen atoms in total. The number of amides is 2.